The topological polar surface area (TPSA) is 25.1 Å². The SMILES string of the molecule is C1=CC2(OO2)c2ccccc21. The first-order valence-corrected chi connectivity index (χ1v) is 3.56. The van der Waals surface area contributed by atoms with E-state index < -0.39 is 5.79 Å². The maximum atomic E-state index is 4.90. The molecular weight excluding hydrogens is 140 g/mol. The minimum Gasteiger partial charge on any atom is -0.184 e. The van der Waals surface area contributed by atoms with Crippen molar-refractivity contribution >= 4 is 6.08 Å². The standard InChI is InChI=1S/C9H6O2/c1-2-4-8-7(3-1)5-6-9(8)10-11-9/h1-6H. The molecule has 2 aliphatic rings. The molecule has 0 radical (unpaired) electrons. The fourth-order valence-corrected chi connectivity index (χ4v) is 1.44. The summed E-state index contributed by atoms with van der Waals surface area (Å²) in [6.07, 6.45) is 3.94. The number of fused-ring (bicyclic) bond motifs is 2. The predicted octanol–water partition coefficient (Wildman–Crippen LogP) is 1.83. The molecular formula is C9H6O2. The molecule has 11 heavy (non-hydrogen) atoms. The highest BCUT2D eigenvalue weighted by Gasteiger charge is 2.51. The predicted molar refractivity (Wildman–Crippen MR) is 39.3 cm³/mol. The molecule has 54 valence electrons. The Labute approximate surface area is 64.0 Å². The van der Waals surface area contributed by atoms with Gasteiger partial charge in [0, 0.05) is 5.56 Å². The van der Waals surface area contributed by atoms with E-state index in [4.69, 9.17) is 9.78 Å². The zero-order valence-electron chi connectivity index (χ0n) is 5.78. The molecule has 0 bridgehead atoms. The minimum absolute atomic E-state index is 0.503. The van der Waals surface area contributed by atoms with Crippen molar-refractivity contribution in [2.75, 3.05) is 0 Å². The Balaban J connectivity index is 2.28. The first kappa shape index (κ1) is 5.52. The highest BCUT2D eigenvalue weighted by atomic mass is 17.4. The van der Waals surface area contributed by atoms with E-state index in [0.29, 0.717) is 0 Å². The summed E-state index contributed by atoms with van der Waals surface area (Å²) in [6.45, 7) is 0. The van der Waals surface area contributed by atoms with Gasteiger partial charge in [-0.2, -0.15) is 9.78 Å². The summed E-state index contributed by atoms with van der Waals surface area (Å²) in [5, 5.41) is 0. The second-order valence-corrected chi connectivity index (χ2v) is 2.75. The molecule has 0 atom stereocenters. The van der Waals surface area contributed by atoms with Crippen LogP contribution in [0.3, 0.4) is 0 Å². The van der Waals surface area contributed by atoms with Gasteiger partial charge in [-0.15, -0.1) is 0 Å². The first-order valence-electron chi connectivity index (χ1n) is 3.56. The maximum Gasteiger partial charge on any atom is 0.278 e. The third-order valence-electron chi connectivity index (χ3n) is 2.08. The Morgan fingerprint density at radius 1 is 1.09 bits per heavy atom. The van der Waals surface area contributed by atoms with Crippen molar-refractivity contribution in [1.29, 1.82) is 0 Å². The molecule has 0 amide bonds. The van der Waals surface area contributed by atoms with Gasteiger partial charge in [0.2, 0.25) is 0 Å². The summed E-state index contributed by atoms with van der Waals surface area (Å²) in [7, 11) is 0. The van der Waals surface area contributed by atoms with E-state index in [1.165, 1.54) is 5.56 Å². The molecule has 0 N–H and O–H groups in total. The van der Waals surface area contributed by atoms with E-state index in [-0.39, 0.29) is 0 Å². The average molecular weight is 146 g/mol. The fraction of sp³-hybridized carbons (Fsp3) is 0.111. The second-order valence-electron chi connectivity index (χ2n) is 2.75. The molecule has 1 aromatic rings. The van der Waals surface area contributed by atoms with Gasteiger partial charge in [-0.25, -0.2) is 0 Å². The van der Waals surface area contributed by atoms with Crippen LogP contribution in [0.5, 0.6) is 0 Å². The molecule has 2 nitrogen and oxygen atoms in total. The van der Waals surface area contributed by atoms with E-state index in [2.05, 4.69) is 0 Å². The van der Waals surface area contributed by atoms with Gasteiger partial charge < -0.3 is 0 Å². The zero-order valence-corrected chi connectivity index (χ0v) is 5.78. The Bertz CT molecular complexity index is 337. The van der Waals surface area contributed by atoms with Gasteiger partial charge >= 0.3 is 0 Å². The van der Waals surface area contributed by atoms with Gasteiger partial charge in [-0.05, 0) is 11.6 Å². The lowest BCUT2D eigenvalue weighted by Gasteiger charge is -1.97. The van der Waals surface area contributed by atoms with Crippen LogP contribution in [-0.4, -0.2) is 0 Å². The number of rotatable bonds is 0. The third-order valence-corrected chi connectivity index (χ3v) is 2.08. The van der Waals surface area contributed by atoms with E-state index in [1.807, 2.05) is 36.4 Å². The van der Waals surface area contributed by atoms with Crippen LogP contribution >= 0.6 is 0 Å². The molecule has 1 spiro atoms. The third kappa shape index (κ3) is 0.582. The molecule has 1 aliphatic carbocycles. The van der Waals surface area contributed by atoms with Crippen molar-refractivity contribution in [3.8, 4) is 0 Å². The molecule has 0 saturated carbocycles. The van der Waals surface area contributed by atoms with Gasteiger partial charge in [0.25, 0.3) is 5.79 Å². The monoisotopic (exact) mass is 146 g/mol. The molecule has 1 saturated heterocycles. The Morgan fingerprint density at radius 2 is 1.91 bits per heavy atom. The van der Waals surface area contributed by atoms with Crippen molar-refractivity contribution in [2.45, 2.75) is 5.79 Å². The second kappa shape index (κ2) is 1.55. The number of hydrogen-bond acceptors (Lipinski definition) is 2. The van der Waals surface area contributed by atoms with Crippen LogP contribution in [0.15, 0.2) is 30.3 Å². The van der Waals surface area contributed by atoms with Crippen molar-refractivity contribution in [2.24, 2.45) is 0 Å². The fourth-order valence-electron chi connectivity index (χ4n) is 1.44. The Morgan fingerprint density at radius 3 is 2.73 bits per heavy atom. The van der Waals surface area contributed by atoms with Crippen molar-refractivity contribution in [1.82, 2.24) is 0 Å². The number of benzene rings is 1. The molecule has 0 unspecified atom stereocenters. The number of hydrogen-bond donors (Lipinski definition) is 0. The van der Waals surface area contributed by atoms with Gasteiger partial charge in [-0.1, -0.05) is 30.3 Å². The van der Waals surface area contributed by atoms with Crippen LogP contribution in [0.2, 0.25) is 0 Å². The lowest BCUT2D eigenvalue weighted by atomic mass is 10.1. The van der Waals surface area contributed by atoms with Crippen molar-refractivity contribution in [3.05, 3.63) is 41.5 Å². The van der Waals surface area contributed by atoms with Gasteiger partial charge in [0.1, 0.15) is 0 Å². The van der Waals surface area contributed by atoms with Gasteiger partial charge in [-0.3, -0.25) is 0 Å². The van der Waals surface area contributed by atoms with E-state index >= 15 is 0 Å². The normalized spacial score (nSPS) is 22.2. The smallest absolute Gasteiger partial charge is 0.184 e. The van der Waals surface area contributed by atoms with Crippen LogP contribution < -0.4 is 0 Å². The molecule has 1 aromatic carbocycles. The summed E-state index contributed by atoms with van der Waals surface area (Å²) in [4.78, 5) is 9.79. The summed E-state index contributed by atoms with van der Waals surface area (Å²) < 4.78 is 0. The average Bonchev–Trinajstić information content (AvgIpc) is 2.72. The Hall–Kier alpha value is -1.12. The van der Waals surface area contributed by atoms with Crippen LogP contribution in [-0.2, 0) is 15.6 Å². The van der Waals surface area contributed by atoms with E-state index in [9.17, 15) is 0 Å². The van der Waals surface area contributed by atoms with Crippen LogP contribution in [0.1, 0.15) is 11.1 Å². The zero-order chi connectivity index (χ0) is 7.31. The largest absolute Gasteiger partial charge is 0.278 e. The Kier molecular flexibility index (Phi) is 0.776. The van der Waals surface area contributed by atoms with Crippen molar-refractivity contribution < 1.29 is 9.78 Å². The molecule has 1 heterocycles. The quantitative estimate of drug-likeness (QED) is 0.412. The van der Waals surface area contributed by atoms with Gasteiger partial charge in [0.05, 0.1) is 0 Å². The summed E-state index contributed by atoms with van der Waals surface area (Å²) in [5.41, 5.74) is 2.30. The summed E-state index contributed by atoms with van der Waals surface area (Å²) in [6, 6.07) is 8.05. The highest BCUT2D eigenvalue weighted by Crippen LogP contribution is 2.47. The molecule has 3 rings (SSSR count). The lowest BCUT2D eigenvalue weighted by molar-refractivity contribution is 0.0850. The molecule has 1 fully saturated rings. The molecule has 0 aromatic heterocycles. The van der Waals surface area contributed by atoms with Gasteiger partial charge in [0.15, 0.2) is 0 Å². The lowest BCUT2D eigenvalue weighted by Crippen LogP contribution is -1.99. The minimum atomic E-state index is -0.503. The van der Waals surface area contributed by atoms with Crippen molar-refractivity contribution in [3.63, 3.8) is 0 Å². The molecule has 2 heteroatoms. The summed E-state index contributed by atoms with van der Waals surface area (Å²) >= 11 is 0. The van der Waals surface area contributed by atoms with E-state index in [1.54, 1.807) is 0 Å². The highest BCUT2D eigenvalue weighted by molar-refractivity contribution is 5.63. The van der Waals surface area contributed by atoms with Crippen LogP contribution in [0, 0.1) is 0 Å². The van der Waals surface area contributed by atoms with E-state index in [0.717, 1.165) is 5.56 Å². The first-order chi connectivity index (χ1) is 5.41. The van der Waals surface area contributed by atoms with Crippen LogP contribution in [0.4, 0.5) is 0 Å². The summed E-state index contributed by atoms with van der Waals surface area (Å²) in [5.74, 6) is -0.503. The maximum absolute atomic E-state index is 4.90. The molecule has 1 aliphatic heterocycles. The van der Waals surface area contributed by atoms with Crippen LogP contribution in [0.25, 0.3) is 6.08 Å².